The second kappa shape index (κ2) is 10.8. The largest absolute Gasteiger partial charge is 0.306 e. The van der Waals surface area contributed by atoms with Crippen LogP contribution >= 0.6 is 11.8 Å². The number of nitrogens with zero attached hydrogens (tertiary/aromatic N) is 4. The summed E-state index contributed by atoms with van der Waals surface area (Å²) in [6.45, 7) is 2.92. The van der Waals surface area contributed by atoms with E-state index in [0.29, 0.717) is 4.90 Å². The van der Waals surface area contributed by atoms with Crippen molar-refractivity contribution in [3.05, 3.63) is 70.8 Å². The molecule has 34 heavy (non-hydrogen) atoms. The maximum absolute atomic E-state index is 13.0. The normalized spacial score (nSPS) is 14.9. The lowest BCUT2D eigenvalue weighted by Gasteiger charge is -2.19. The van der Waals surface area contributed by atoms with Crippen molar-refractivity contribution in [3.8, 4) is 0 Å². The Bertz CT molecular complexity index is 1270. The van der Waals surface area contributed by atoms with E-state index < -0.39 is 9.84 Å². The molecular formula is C25H29FN4O2S2. The van der Waals surface area contributed by atoms with Gasteiger partial charge in [0.1, 0.15) is 5.82 Å². The van der Waals surface area contributed by atoms with E-state index in [2.05, 4.69) is 15.1 Å². The van der Waals surface area contributed by atoms with Crippen molar-refractivity contribution in [3.63, 3.8) is 0 Å². The van der Waals surface area contributed by atoms with E-state index in [1.54, 1.807) is 30.0 Å². The number of halogens is 1. The molecule has 0 saturated carbocycles. The van der Waals surface area contributed by atoms with Crippen molar-refractivity contribution in [2.24, 2.45) is 7.05 Å². The molecule has 6 nitrogen and oxygen atoms in total. The van der Waals surface area contributed by atoms with Crippen molar-refractivity contribution in [2.45, 2.75) is 29.3 Å². The highest BCUT2D eigenvalue weighted by Gasteiger charge is 2.17. The summed E-state index contributed by atoms with van der Waals surface area (Å²) < 4.78 is 38.7. The molecule has 0 spiro atoms. The number of benzene rings is 2. The summed E-state index contributed by atoms with van der Waals surface area (Å²) in [5, 5.41) is 9.42. The molecule has 1 aliphatic heterocycles. The molecule has 9 heteroatoms. The molecule has 0 atom stereocenters. The third kappa shape index (κ3) is 6.34. The molecule has 2 heterocycles. The van der Waals surface area contributed by atoms with Gasteiger partial charge in [-0.05, 0) is 72.8 Å². The molecule has 4 rings (SSSR count). The summed E-state index contributed by atoms with van der Waals surface area (Å²) in [6.07, 6.45) is 7.89. The van der Waals surface area contributed by atoms with Crippen molar-refractivity contribution >= 4 is 33.8 Å². The van der Waals surface area contributed by atoms with Gasteiger partial charge in [0.05, 0.1) is 4.90 Å². The fourth-order valence-corrected chi connectivity index (χ4v) is 5.51. The number of sulfone groups is 1. The topological polar surface area (TPSA) is 68.1 Å². The van der Waals surface area contributed by atoms with Gasteiger partial charge in [0, 0.05) is 32.1 Å². The van der Waals surface area contributed by atoms with Crippen LogP contribution in [0.25, 0.3) is 12.2 Å². The lowest BCUT2D eigenvalue weighted by Crippen LogP contribution is -2.27. The summed E-state index contributed by atoms with van der Waals surface area (Å²) in [5.41, 5.74) is 3.32. The molecule has 180 valence electrons. The van der Waals surface area contributed by atoms with Gasteiger partial charge in [-0.15, -0.1) is 10.2 Å². The third-order valence-electron chi connectivity index (χ3n) is 6.01. The number of rotatable bonds is 8. The Kier molecular flexibility index (Phi) is 7.85. The van der Waals surface area contributed by atoms with Gasteiger partial charge in [-0.2, -0.15) is 0 Å². The number of hydrogen-bond donors (Lipinski definition) is 0. The van der Waals surface area contributed by atoms with Crippen LogP contribution in [-0.4, -0.2) is 59.7 Å². The van der Waals surface area contributed by atoms with Crippen molar-refractivity contribution < 1.29 is 12.8 Å². The summed E-state index contributed by atoms with van der Waals surface area (Å²) in [7, 11) is -1.23. The van der Waals surface area contributed by atoms with Crippen LogP contribution in [0.1, 0.15) is 28.9 Å². The highest BCUT2D eigenvalue weighted by molar-refractivity contribution is 7.99. The van der Waals surface area contributed by atoms with E-state index in [4.69, 9.17) is 0 Å². The lowest BCUT2D eigenvalue weighted by molar-refractivity contribution is 0.289. The van der Waals surface area contributed by atoms with Crippen LogP contribution < -0.4 is 0 Å². The zero-order valence-electron chi connectivity index (χ0n) is 19.4. The minimum atomic E-state index is -3.17. The fraction of sp³-hybridized carbons (Fsp3) is 0.360. The first kappa shape index (κ1) is 24.6. The Morgan fingerprint density at radius 2 is 1.76 bits per heavy atom. The van der Waals surface area contributed by atoms with Gasteiger partial charge >= 0.3 is 0 Å². The van der Waals surface area contributed by atoms with Gasteiger partial charge in [-0.3, -0.25) is 0 Å². The SMILES string of the molecule is Cn1c(C=Cc2ccc(F)cc2)nnc1SCCCN1CCc2ccc(S(C)(=O)=O)cc2CC1. The van der Waals surface area contributed by atoms with Gasteiger partial charge < -0.3 is 9.47 Å². The van der Waals surface area contributed by atoms with E-state index in [1.165, 1.54) is 24.0 Å². The molecule has 0 unspecified atom stereocenters. The van der Waals surface area contributed by atoms with Crippen LogP contribution in [-0.2, 0) is 29.7 Å². The molecule has 0 N–H and O–H groups in total. The van der Waals surface area contributed by atoms with Crippen LogP contribution in [0.4, 0.5) is 4.39 Å². The lowest BCUT2D eigenvalue weighted by atomic mass is 10.0. The van der Waals surface area contributed by atoms with E-state index in [0.717, 1.165) is 66.8 Å². The predicted molar refractivity (Wildman–Crippen MR) is 135 cm³/mol. The van der Waals surface area contributed by atoms with Gasteiger partial charge in [-0.1, -0.05) is 36.0 Å². The summed E-state index contributed by atoms with van der Waals surface area (Å²) in [4.78, 5) is 2.86. The Morgan fingerprint density at radius 3 is 2.50 bits per heavy atom. The molecule has 0 bridgehead atoms. The highest BCUT2D eigenvalue weighted by Crippen LogP contribution is 2.22. The molecule has 1 aromatic heterocycles. The van der Waals surface area contributed by atoms with Crippen LogP contribution in [0.3, 0.4) is 0 Å². The number of aromatic nitrogens is 3. The van der Waals surface area contributed by atoms with Crippen molar-refractivity contribution in [1.29, 1.82) is 0 Å². The first-order valence-electron chi connectivity index (χ1n) is 11.3. The molecule has 2 aromatic carbocycles. The zero-order chi connectivity index (χ0) is 24.1. The second-order valence-corrected chi connectivity index (χ2v) is 11.6. The number of hydrogen-bond acceptors (Lipinski definition) is 6. The van der Waals surface area contributed by atoms with Gasteiger partial charge in [0.25, 0.3) is 0 Å². The highest BCUT2D eigenvalue weighted by atomic mass is 32.2. The fourth-order valence-electron chi connectivity index (χ4n) is 4.00. The molecule has 0 amide bonds. The van der Waals surface area contributed by atoms with Gasteiger partial charge in [0.2, 0.25) is 0 Å². The third-order valence-corrected chi connectivity index (χ3v) is 8.23. The van der Waals surface area contributed by atoms with E-state index in [1.807, 2.05) is 35.9 Å². The van der Waals surface area contributed by atoms with Gasteiger partial charge in [0.15, 0.2) is 20.8 Å². The molecule has 1 aliphatic rings. The van der Waals surface area contributed by atoms with Crippen LogP contribution in [0.2, 0.25) is 0 Å². The van der Waals surface area contributed by atoms with Crippen LogP contribution in [0.15, 0.2) is 52.5 Å². The Morgan fingerprint density at radius 1 is 1.03 bits per heavy atom. The first-order valence-corrected chi connectivity index (χ1v) is 14.2. The Hall–Kier alpha value is -2.49. The molecular weight excluding hydrogens is 471 g/mol. The molecule has 0 radical (unpaired) electrons. The number of fused-ring (bicyclic) bond motifs is 1. The minimum Gasteiger partial charge on any atom is -0.306 e. The first-order chi connectivity index (χ1) is 16.3. The van der Waals surface area contributed by atoms with Gasteiger partial charge in [-0.25, -0.2) is 12.8 Å². The molecule has 0 fully saturated rings. The summed E-state index contributed by atoms with van der Waals surface area (Å²) in [5.74, 6) is 1.45. The maximum atomic E-state index is 13.0. The smallest absolute Gasteiger partial charge is 0.191 e. The summed E-state index contributed by atoms with van der Waals surface area (Å²) >= 11 is 1.69. The monoisotopic (exact) mass is 500 g/mol. The van der Waals surface area contributed by atoms with E-state index in [9.17, 15) is 12.8 Å². The summed E-state index contributed by atoms with van der Waals surface area (Å²) in [6, 6.07) is 11.9. The van der Waals surface area contributed by atoms with E-state index in [-0.39, 0.29) is 5.82 Å². The quantitative estimate of drug-likeness (QED) is 0.343. The standard InChI is InChI=1S/C25H29FN4O2S2/c1-29-24(11-6-19-4-8-22(26)9-5-19)27-28-25(29)33-17-3-14-30-15-12-20-7-10-23(34(2,31)32)18-21(20)13-16-30/h4-11,18H,3,12-17H2,1-2H3. The average Bonchev–Trinajstić information content (AvgIpc) is 3.03. The van der Waals surface area contributed by atoms with Crippen molar-refractivity contribution in [1.82, 2.24) is 19.7 Å². The van der Waals surface area contributed by atoms with E-state index >= 15 is 0 Å². The van der Waals surface area contributed by atoms with Crippen LogP contribution in [0.5, 0.6) is 0 Å². The van der Waals surface area contributed by atoms with Crippen LogP contribution in [0, 0.1) is 5.82 Å². The van der Waals surface area contributed by atoms with Crippen molar-refractivity contribution in [2.75, 3.05) is 31.6 Å². The molecule has 0 saturated heterocycles. The molecule has 0 aliphatic carbocycles. The average molecular weight is 501 g/mol. The Labute approximate surface area is 204 Å². The second-order valence-electron chi connectivity index (χ2n) is 8.53. The maximum Gasteiger partial charge on any atom is 0.191 e. The number of thioether (sulfide) groups is 1. The predicted octanol–water partition coefficient (Wildman–Crippen LogP) is 4.11. The zero-order valence-corrected chi connectivity index (χ0v) is 21.1. The molecule has 3 aromatic rings. The minimum absolute atomic E-state index is 0.250. The Balaban J connectivity index is 1.25.